The van der Waals surface area contributed by atoms with Crippen molar-refractivity contribution in [2.75, 3.05) is 24.2 Å². The van der Waals surface area contributed by atoms with Crippen molar-refractivity contribution in [2.45, 2.75) is 26.7 Å². The predicted molar refractivity (Wildman–Crippen MR) is 83.0 cm³/mol. The summed E-state index contributed by atoms with van der Waals surface area (Å²) in [5.74, 6) is 1.34. The molecule has 1 aliphatic heterocycles. The van der Waals surface area contributed by atoms with E-state index >= 15 is 0 Å². The fourth-order valence-corrected chi connectivity index (χ4v) is 2.89. The average molecular weight is 268 g/mol. The SMILES string of the molecule is CCc1c(C)nc(-c2ccc3c(c2)CCN3C)nc1N. The molecule has 0 saturated heterocycles. The van der Waals surface area contributed by atoms with Crippen LogP contribution >= 0.6 is 0 Å². The molecule has 2 heterocycles. The first kappa shape index (κ1) is 12.9. The fourth-order valence-electron chi connectivity index (χ4n) is 2.89. The van der Waals surface area contributed by atoms with Crippen molar-refractivity contribution in [1.29, 1.82) is 0 Å². The molecule has 4 heteroatoms. The summed E-state index contributed by atoms with van der Waals surface area (Å²) in [6, 6.07) is 6.43. The van der Waals surface area contributed by atoms with E-state index in [0.717, 1.165) is 42.0 Å². The highest BCUT2D eigenvalue weighted by Crippen LogP contribution is 2.31. The number of hydrogen-bond donors (Lipinski definition) is 1. The molecule has 1 aliphatic rings. The summed E-state index contributed by atoms with van der Waals surface area (Å²) in [5, 5.41) is 0. The van der Waals surface area contributed by atoms with Crippen LogP contribution in [0.1, 0.15) is 23.7 Å². The molecule has 20 heavy (non-hydrogen) atoms. The first-order valence-electron chi connectivity index (χ1n) is 7.07. The Morgan fingerprint density at radius 3 is 2.80 bits per heavy atom. The monoisotopic (exact) mass is 268 g/mol. The highest BCUT2D eigenvalue weighted by Gasteiger charge is 2.17. The number of likely N-dealkylation sites (N-methyl/N-ethyl adjacent to an activating group) is 1. The molecule has 0 radical (unpaired) electrons. The largest absolute Gasteiger partial charge is 0.383 e. The van der Waals surface area contributed by atoms with E-state index in [1.165, 1.54) is 11.3 Å². The minimum absolute atomic E-state index is 0.604. The van der Waals surface area contributed by atoms with Gasteiger partial charge in [-0.05, 0) is 43.5 Å². The molecule has 4 nitrogen and oxygen atoms in total. The standard InChI is InChI=1S/C16H20N4/c1-4-13-10(2)18-16(19-15(13)17)12-5-6-14-11(9-12)7-8-20(14)3/h5-6,9H,4,7-8H2,1-3H3,(H2,17,18,19). The Morgan fingerprint density at radius 1 is 1.30 bits per heavy atom. The number of anilines is 2. The van der Waals surface area contributed by atoms with Crippen LogP contribution in [0.3, 0.4) is 0 Å². The summed E-state index contributed by atoms with van der Waals surface area (Å²) in [6.45, 7) is 5.16. The van der Waals surface area contributed by atoms with Gasteiger partial charge < -0.3 is 10.6 Å². The van der Waals surface area contributed by atoms with Gasteiger partial charge in [0.2, 0.25) is 0 Å². The molecular formula is C16H20N4. The van der Waals surface area contributed by atoms with Crippen molar-refractivity contribution < 1.29 is 0 Å². The maximum absolute atomic E-state index is 6.05. The third-order valence-electron chi connectivity index (χ3n) is 4.06. The molecule has 0 aliphatic carbocycles. The number of aromatic nitrogens is 2. The molecule has 0 unspecified atom stereocenters. The molecular weight excluding hydrogens is 248 g/mol. The molecule has 2 aromatic rings. The van der Waals surface area contributed by atoms with E-state index in [9.17, 15) is 0 Å². The molecule has 0 atom stereocenters. The van der Waals surface area contributed by atoms with Crippen molar-refractivity contribution in [1.82, 2.24) is 9.97 Å². The van der Waals surface area contributed by atoms with Gasteiger partial charge in [-0.15, -0.1) is 0 Å². The van der Waals surface area contributed by atoms with Crippen LogP contribution in [0.5, 0.6) is 0 Å². The quantitative estimate of drug-likeness (QED) is 0.909. The van der Waals surface area contributed by atoms with Gasteiger partial charge in [0.25, 0.3) is 0 Å². The third kappa shape index (κ3) is 2.01. The fraction of sp³-hybridized carbons (Fsp3) is 0.375. The minimum atomic E-state index is 0.604. The highest BCUT2D eigenvalue weighted by molar-refractivity contribution is 5.67. The van der Waals surface area contributed by atoms with Crippen LogP contribution in [0, 0.1) is 6.92 Å². The van der Waals surface area contributed by atoms with E-state index in [-0.39, 0.29) is 0 Å². The van der Waals surface area contributed by atoms with Crippen LogP contribution in [0.2, 0.25) is 0 Å². The van der Waals surface area contributed by atoms with Gasteiger partial charge in [-0.25, -0.2) is 9.97 Å². The van der Waals surface area contributed by atoms with Gasteiger partial charge in [-0.2, -0.15) is 0 Å². The Hall–Kier alpha value is -2.10. The molecule has 0 bridgehead atoms. The van der Waals surface area contributed by atoms with Gasteiger partial charge >= 0.3 is 0 Å². The molecule has 0 fully saturated rings. The second-order valence-corrected chi connectivity index (χ2v) is 5.37. The Kier molecular flexibility index (Phi) is 3.08. The Balaban J connectivity index is 2.06. The lowest BCUT2D eigenvalue weighted by Crippen LogP contribution is -2.12. The van der Waals surface area contributed by atoms with E-state index in [2.05, 4.69) is 47.0 Å². The number of fused-ring (bicyclic) bond motifs is 1. The topological polar surface area (TPSA) is 55.0 Å². The van der Waals surface area contributed by atoms with Gasteiger partial charge in [0.05, 0.1) is 0 Å². The third-order valence-corrected chi connectivity index (χ3v) is 4.06. The summed E-state index contributed by atoms with van der Waals surface area (Å²) in [4.78, 5) is 11.4. The van der Waals surface area contributed by atoms with Crippen LogP contribution in [0.15, 0.2) is 18.2 Å². The van der Waals surface area contributed by atoms with Crippen molar-refractivity contribution in [3.05, 3.63) is 35.0 Å². The lowest BCUT2D eigenvalue weighted by atomic mass is 10.1. The summed E-state index contributed by atoms with van der Waals surface area (Å²) in [7, 11) is 2.13. The number of aryl methyl sites for hydroxylation is 1. The Bertz CT molecular complexity index is 641. The van der Waals surface area contributed by atoms with Crippen molar-refractivity contribution in [2.24, 2.45) is 0 Å². The lowest BCUT2D eigenvalue weighted by Gasteiger charge is -2.13. The molecule has 3 rings (SSSR count). The number of nitrogens with two attached hydrogens (primary N) is 1. The smallest absolute Gasteiger partial charge is 0.161 e. The molecule has 104 valence electrons. The first-order valence-corrected chi connectivity index (χ1v) is 7.07. The number of rotatable bonds is 2. The van der Waals surface area contributed by atoms with E-state index < -0.39 is 0 Å². The Morgan fingerprint density at radius 2 is 2.10 bits per heavy atom. The van der Waals surface area contributed by atoms with Crippen molar-refractivity contribution in [3.8, 4) is 11.4 Å². The molecule has 1 aromatic heterocycles. The number of nitrogen functional groups attached to an aromatic ring is 1. The van der Waals surface area contributed by atoms with Crippen molar-refractivity contribution in [3.63, 3.8) is 0 Å². The maximum Gasteiger partial charge on any atom is 0.161 e. The van der Waals surface area contributed by atoms with Gasteiger partial charge in [0, 0.05) is 36.1 Å². The van der Waals surface area contributed by atoms with Crippen LogP contribution in [0.25, 0.3) is 11.4 Å². The number of hydrogen-bond acceptors (Lipinski definition) is 4. The summed E-state index contributed by atoms with van der Waals surface area (Å²) in [6.07, 6.45) is 1.95. The van der Waals surface area contributed by atoms with Gasteiger partial charge in [-0.3, -0.25) is 0 Å². The molecule has 2 N–H and O–H groups in total. The Labute approximate surface area is 119 Å². The van der Waals surface area contributed by atoms with Crippen LogP contribution in [-0.2, 0) is 12.8 Å². The summed E-state index contributed by atoms with van der Waals surface area (Å²) in [5.41, 5.74) is 11.8. The van der Waals surface area contributed by atoms with E-state index in [1.807, 2.05) is 6.92 Å². The van der Waals surface area contributed by atoms with Gasteiger partial charge in [0.1, 0.15) is 5.82 Å². The number of benzene rings is 1. The first-order chi connectivity index (χ1) is 9.60. The lowest BCUT2D eigenvalue weighted by molar-refractivity contribution is 0.956. The second-order valence-electron chi connectivity index (χ2n) is 5.37. The molecule has 1 aromatic carbocycles. The summed E-state index contributed by atoms with van der Waals surface area (Å²) < 4.78 is 0. The number of nitrogens with zero attached hydrogens (tertiary/aromatic N) is 3. The highest BCUT2D eigenvalue weighted by atomic mass is 15.1. The maximum atomic E-state index is 6.05. The van der Waals surface area contributed by atoms with E-state index in [1.54, 1.807) is 0 Å². The average Bonchev–Trinajstić information content (AvgIpc) is 2.79. The van der Waals surface area contributed by atoms with Crippen LogP contribution in [0.4, 0.5) is 11.5 Å². The zero-order valence-electron chi connectivity index (χ0n) is 12.3. The zero-order valence-corrected chi connectivity index (χ0v) is 12.3. The normalized spacial score (nSPS) is 13.7. The molecule has 0 spiro atoms. The van der Waals surface area contributed by atoms with Crippen LogP contribution < -0.4 is 10.6 Å². The molecule has 0 saturated carbocycles. The van der Waals surface area contributed by atoms with Crippen LogP contribution in [-0.4, -0.2) is 23.6 Å². The van der Waals surface area contributed by atoms with Gasteiger partial charge in [-0.1, -0.05) is 6.92 Å². The minimum Gasteiger partial charge on any atom is -0.383 e. The van der Waals surface area contributed by atoms with E-state index in [4.69, 9.17) is 5.73 Å². The second kappa shape index (κ2) is 4.78. The van der Waals surface area contributed by atoms with E-state index in [0.29, 0.717) is 5.82 Å². The van der Waals surface area contributed by atoms with Crippen molar-refractivity contribution >= 4 is 11.5 Å². The predicted octanol–water partition coefficient (Wildman–Crippen LogP) is 2.59. The summed E-state index contributed by atoms with van der Waals surface area (Å²) >= 11 is 0. The zero-order chi connectivity index (χ0) is 14.3. The molecule has 0 amide bonds. The van der Waals surface area contributed by atoms with Gasteiger partial charge in [0.15, 0.2) is 5.82 Å².